The molecule has 3 rings (SSSR count). The molecule has 2 aromatic rings. The first-order valence-electron chi connectivity index (χ1n) is 7.81. The Morgan fingerprint density at radius 2 is 1.96 bits per heavy atom. The van der Waals surface area contributed by atoms with E-state index < -0.39 is 11.4 Å². The number of fused-ring (bicyclic) bond motifs is 1. The number of aromatic nitrogens is 1. The van der Waals surface area contributed by atoms with Crippen molar-refractivity contribution in [1.29, 1.82) is 0 Å². The summed E-state index contributed by atoms with van der Waals surface area (Å²) in [5.41, 5.74) is 0.384. The van der Waals surface area contributed by atoms with Gasteiger partial charge in [-0.05, 0) is 31.0 Å². The molecule has 1 fully saturated rings. The number of carboxylic acid groups (broad SMARTS) is 1. The summed E-state index contributed by atoms with van der Waals surface area (Å²) >= 11 is 6.30. The average molecular weight is 335 g/mol. The molecule has 0 saturated heterocycles. The molecule has 3 N–H and O–H groups in total. The molecular weight excluding hydrogens is 316 g/mol. The number of aliphatic carboxylic acids is 1. The minimum absolute atomic E-state index is 0.142. The molecule has 0 unspecified atom stereocenters. The fourth-order valence-corrected chi connectivity index (χ4v) is 3.62. The highest BCUT2D eigenvalue weighted by Crippen LogP contribution is 2.36. The predicted octanol–water partition coefficient (Wildman–Crippen LogP) is 3.59. The predicted molar refractivity (Wildman–Crippen MR) is 88.8 cm³/mol. The highest BCUT2D eigenvalue weighted by atomic mass is 35.5. The number of rotatable bonds is 4. The van der Waals surface area contributed by atoms with Crippen LogP contribution in [0.15, 0.2) is 24.4 Å². The van der Waals surface area contributed by atoms with Gasteiger partial charge in [-0.15, -0.1) is 0 Å². The standard InChI is InChI=1S/C17H19ClN2O3/c18-14-11-6-9-19-13(11)5-4-12(14)15(21)20-10-17(16(22)23)7-2-1-3-8-17/h4-6,9,19H,1-3,7-8,10H2,(H,20,21)(H,22,23). The molecule has 1 amide bonds. The summed E-state index contributed by atoms with van der Waals surface area (Å²) in [5.74, 6) is -1.16. The van der Waals surface area contributed by atoms with Gasteiger partial charge in [0, 0.05) is 23.6 Å². The number of H-pyrrole nitrogens is 1. The first-order valence-corrected chi connectivity index (χ1v) is 8.18. The third-order valence-electron chi connectivity index (χ3n) is 4.76. The Morgan fingerprint density at radius 3 is 2.65 bits per heavy atom. The Morgan fingerprint density at radius 1 is 1.22 bits per heavy atom. The third-order valence-corrected chi connectivity index (χ3v) is 5.17. The van der Waals surface area contributed by atoms with E-state index in [-0.39, 0.29) is 12.5 Å². The second-order valence-corrected chi connectivity index (χ2v) is 6.57. The Bertz CT molecular complexity index is 747. The second-order valence-electron chi connectivity index (χ2n) is 6.19. The zero-order chi connectivity index (χ0) is 16.4. The van der Waals surface area contributed by atoms with E-state index in [0.717, 1.165) is 30.2 Å². The van der Waals surface area contributed by atoms with Crippen LogP contribution in [-0.2, 0) is 4.79 Å². The van der Waals surface area contributed by atoms with Crippen LogP contribution in [0.2, 0.25) is 5.02 Å². The molecule has 1 heterocycles. The van der Waals surface area contributed by atoms with Crippen molar-refractivity contribution >= 4 is 34.4 Å². The molecule has 1 aromatic heterocycles. The first-order chi connectivity index (χ1) is 11.0. The van der Waals surface area contributed by atoms with Crippen LogP contribution in [0, 0.1) is 5.41 Å². The van der Waals surface area contributed by atoms with E-state index in [1.54, 1.807) is 18.3 Å². The SMILES string of the molecule is O=C(NCC1(C(=O)O)CCCCC1)c1ccc2[nH]ccc2c1Cl. The fourth-order valence-electron chi connectivity index (χ4n) is 3.31. The van der Waals surface area contributed by atoms with Crippen LogP contribution in [-0.4, -0.2) is 28.5 Å². The van der Waals surface area contributed by atoms with Crippen molar-refractivity contribution in [3.05, 3.63) is 35.0 Å². The van der Waals surface area contributed by atoms with E-state index in [1.807, 2.05) is 6.07 Å². The van der Waals surface area contributed by atoms with Crippen molar-refractivity contribution in [1.82, 2.24) is 10.3 Å². The molecule has 0 radical (unpaired) electrons. The fraction of sp³-hybridized carbons (Fsp3) is 0.412. The summed E-state index contributed by atoms with van der Waals surface area (Å²) in [7, 11) is 0. The van der Waals surface area contributed by atoms with E-state index in [1.165, 1.54) is 0 Å². The number of amides is 1. The summed E-state index contributed by atoms with van der Waals surface area (Å²) in [6.45, 7) is 0.142. The van der Waals surface area contributed by atoms with Gasteiger partial charge in [-0.2, -0.15) is 0 Å². The normalized spacial score (nSPS) is 17.1. The van der Waals surface area contributed by atoms with Crippen molar-refractivity contribution in [3.63, 3.8) is 0 Å². The van der Waals surface area contributed by atoms with Gasteiger partial charge in [0.25, 0.3) is 5.91 Å². The Balaban J connectivity index is 1.77. The molecule has 1 aliphatic rings. The summed E-state index contributed by atoms with van der Waals surface area (Å²) in [6.07, 6.45) is 5.80. The van der Waals surface area contributed by atoms with Gasteiger partial charge in [0.05, 0.1) is 16.0 Å². The maximum Gasteiger partial charge on any atom is 0.311 e. The van der Waals surface area contributed by atoms with E-state index in [0.29, 0.717) is 23.4 Å². The molecule has 0 bridgehead atoms. The van der Waals surface area contributed by atoms with Gasteiger partial charge in [0.15, 0.2) is 0 Å². The lowest BCUT2D eigenvalue weighted by atomic mass is 9.74. The van der Waals surface area contributed by atoms with Crippen LogP contribution >= 0.6 is 11.6 Å². The molecule has 0 atom stereocenters. The highest BCUT2D eigenvalue weighted by Gasteiger charge is 2.39. The zero-order valence-electron chi connectivity index (χ0n) is 12.7. The van der Waals surface area contributed by atoms with Crippen molar-refractivity contribution in [2.24, 2.45) is 5.41 Å². The number of hydrogen-bond donors (Lipinski definition) is 3. The average Bonchev–Trinajstić information content (AvgIpc) is 3.03. The topological polar surface area (TPSA) is 82.2 Å². The van der Waals surface area contributed by atoms with Crippen LogP contribution in [0.1, 0.15) is 42.5 Å². The second kappa shape index (κ2) is 6.24. The number of nitrogens with one attached hydrogen (secondary N) is 2. The molecule has 1 saturated carbocycles. The first kappa shape index (κ1) is 15.9. The number of aromatic amines is 1. The number of carboxylic acids is 1. The summed E-state index contributed by atoms with van der Waals surface area (Å²) in [4.78, 5) is 27.1. The maximum atomic E-state index is 12.4. The lowest BCUT2D eigenvalue weighted by Gasteiger charge is -2.33. The van der Waals surface area contributed by atoms with Gasteiger partial charge < -0.3 is 15.4 Å². The maximum absolute atomic E-state index is 12.4. The number of carbonyl (C=O) groups is 2. The van der Waals surface area contributed by atoms with E-state index in [2.05, 4.69) is 10.3 Å². The Hall–Kier alpha value is -2.01. The van der Waals surface area contributed by atoms with Gasteiger partial charge in [-0.25, -0.2) is 0 Å². The van der Waals surface area contributed by atoms with Crippen molar-refractivity contribution in [2.45, 2.75) is 32.1 Å². The van der Waals surface area contributed by atoms with Gasteiger partial charge in [-0.1, -0.05) is 30.9 Å². The number of benzene rings is 1. The smallest absolute Gasteiger partial charge is 0.311 e. The van der Waals surface area contributed by atoms with Gasteiger partial charge >= 0.3 is 5.97 Å². The summed E-state index contributed by atoms with van der Waals surface area (Å²) in [6, 6.07) is 5.27. The number of hydrogen-bond acceptors (Lipinski definition) is 2. The lowest BCUT2D eigenvalue weighted by Crippen LogP contribution is -2.44. The Labute approximate surface area is 139 Å². The van der Waals surface area contributed by atoms with Gasteiger partial charge in [-0.3, -0.25) is 9.59 Å². The molecule has 1 aromatic carbocycles. The third kappa shape index (κ3) is 2.93. The molecular formula is C17H19ClN2O3. The summed E-state index contributed by atoms with van der Waals surface area (Å²) in [5, 5.41) is 13.5. The minimum Gasteiger partial charge on any atom is -0.481 e. The van der Waals surface area contributed by atoms with E-state index in [4.69, 9.17) is 11.6 Å². The summed E-state index contributed by atoms with van der Waals surface area (Å²) < 4.78 is 0. The number of halogens is 1. The molecule has 23 heavy (non-hydrogen) atoms. The molecule has 1 aliphatic carbocycles. The van der Waals surface area contributed by atoms with E-state index in [9.17, 15) is 14.7 Å². The van der Waals surface area contributed by atoms with Crippen LogP contribution in [0.25, 0.3) is 10.9 Å². The lowest BCUT2D eigenvalue weighted by molar-refractivity contribution is -0.150. The zero-order valence-corrected chi connectivity index (χ0v) is 13.4. The van der Waals surface area contributed by atoms with Crippen LogP contribution < -0.4 is 5.32 Å². The monoisotopic (exact) mass is 334 g/mol. The molecule has 0 spiro atoms. The number of carbonyl (C=O) groups excluding carboxylic acids is 1. The van der Waals surface area contributed by atoms with Crippen LogP contribution in [0.4, 0.5) is 0 Å². The molecule has 122 valence electrons. The quantitative estimate of drug-likeness (QED) is 0.799. The highest BCUT2D eigenvalue weighted by molar-refractivity contribution is 6.38. The van der Waals surface area contributed by atoms with Crippen molar-refractivity contribution in [3.8, 4) is 0 Å². The van der Waals surface area contributed by atoms with Crippen LogP contribution in [0.3, 0.4) is 0 Å². The van der Waals surface area contributed by atoms with Gasteiger partial charge in [0.2, 0.25) is 0 Å². The Kier molecular flexibility index (Phi) is 4.31. The van der Waals surface area contributed by atoms with Crippen molar-refractivity contribution < 1.29 is 14.7 Å². The molecule has 5 nitrogen and oxygen atoms in total. The van der Waals surface area contributed by atoms with Gasteiger partial charge in [0.1, 0.15) is 0 Å². The largest absolute Gasteiger partial charge is 0.481 e. The van der Waals surface area contributed by atoms with Crippen LogP contribution in [0.5, 0.6) is 0 Å². The van der Waals surface area contributed by atoms with Crippen molar-refractivity contribution in [2.75, 3.05) is 6.54 Å². The molecule has 6 heteroatoms. The minimum atomic E-state index is -0.849. The van der Waals surface area contributed by atoms with E-state index >= 15 is 0 Å². The molecule has 0 aliphatic heterocycles.